The minimum Gasteiger partial charge on any atom is -0.494 e. The predicted molar refractivity (Wildman–Crippen MR) is 133 cm³/mol. The Morgan fingerprint density at radius 1 is 0.970 bits per heavy atom. The number of amides is 1. The molecule has 33 heavy (non-hydrogen) atoms. The van der Waals surface area contributed by atoms with E-state index in [4.69, 9.17) is 4.74 Å². The molecule has 0 radical (unpaired) electrons. The van der Waals surface area contributed by atoms with E-state index in [2.05, 4.69) is 40.7 Å². The van der Waals surface area contributed by atoms with Crippen LogP contribution in [0.2, 0.25) is 0 Å². The minimum atomic E-state index is 0.127. The van der Waals surface area contributed by atoms with Crippen molar-refractivity contribution < 1.29 is 9.53 Å². The summed E-state index contributed by atoms with van der Waals surface area (Å²) in [6.45, 7) is 7.08. The fraction of sp³-hybridized carbons (Fsp3) is 0.464. The molecule has 0 aliphatic carbocycles. The fourth-order valence-electron chi connectivity index (χ4n) is 5.32. The molecule has 0 bridgehead atoms. The summed E-state index contributed by atoms with van der Waals surface area (Å²) in [5.41, 5.74) is 2.80. The van der Waals surface area contributed by atoms with Crippen LogP contribution in [0.3, 0.4) is 0 Å². The van der Waals surface area contributed by atoms with Gasteiger partial charge in [-0.05, 0) is 88.4 Å². The predicted octanol–water partition coefficient (Wildman–Crippen LogP) is 5.51. The van der Waals surface area contributed by atoms with Crippen molar-refractivity contribution in [3.63, 3.8) is 0 Å². The average molecular weight is 446 g/mol. The van der Waals surface area contributed by atoms with E-state index in [-0.39, 0.29) is 5.91 Å². The van der Waals surface area contributed by atoms with Gasteiger partial charge >= 0.3 is 0 Å². The Hall–Kier alpha value is -2.79. The van der Waals surface area contributed by atoms with E-state index in [9.17, 15) is 4.79 Å². The van der Waals surface area contributed by atoms with E-state index in [1.807, 2.05) is 35.2 Å². The molecule has 5 nitrogen and oxygen atoms in total. The summed E-state index contributed by atoms with van der Waals surface area (Å²) in [6.07, 6.45) is 7.08. The molecular formula is C28H35N3O2. The number of carbonyl (C=O) groups is 1. The van der Waals surface area contributed by atoms with Gasteiger partial charge in [-0.1, -0.05) is 18.2 Å². The van der Waals surface area contributed by atoms with Crippen LogP contribution in [-0.2, 0) is 0 Å². The van der Waals surface area contributed by atoms with E-state index in [0.717, 1.165) is 73.5 Å². The number of piperidine rings is 1. The third kappa shape index (κ3) is 4.79. The molecule has 2 aromatic carbocycles. The zero-order chi connectivity index (χ0) is 22.6. The zero-order valence-electron chi connectivity index (χ0n) is 19.7. The summed E-state index contributed by atoms with van der Waals surface area (Å²) in [5, 5.41) is 1.09. The van der Waals surface area contributed by atoms with E-state index in [0.29, 0.717) is 6.04 Å². The minimum absolute atomic E-state index is 0.127. The third-order valence-corrected chi connectivity index (χ3v) is 7.22. The molecular weight excluding hydrogens is 410 g/mol. The molecule has 1 unspecified atom stereocenters. The molecule has 1 aromatic heterocycles. The SMILES string of the molecule is CC1CCCN1CCCOc1ccc(-n2c(C(=O)N3CCCCC3)cc3ccccc32)cc1. The van der Waals surface area contributed by atoms with Gasteiger partial charge in [0.15, 0.2) is 0 Å². The van der Waals surface area contributed by atoms with Crippen LogP contribution in [-0.4, -0.2) is 59.1 Å². The molecule has 5 rings (SSSR count). The Morgan fingerprint density at radius 3 is 2.52 bits per heavy atom. The Labute approximate surface area is 196 Å². The Morgan fingerprint density at radius 2 is 1.76 bits per heavy atom. The van der Waals surface area contributed by atoms with Crippen LogP contribution in [0.5, 0.6) is 5.75 Å². The van der Waals surface area contributed by atoms with Gasteiger partial charge in [0.1, 0.15) is 11.4 Å². The topological polar surface area (TPSA) is 37.7 Å². The number of carbonyl (C=O) groups excluding carboxylic acids is 1. The highest BCUT2D eigenvalue weighted by Crippen LogP contribution is 2.27. The van der Waals surface area contributed by atoms with Gasteiger partial charge in [-0.3, -0.25) is 4.79 Å². The van der Waals surface area contributed by atoms with Gasteiger partial charge in [0.25, 0.3) is 5.91 Å². The summed E-state index contributed by atoms with van der Waals surface area (Å²) in [7, 11) is 0. The van der Waals surface area contributed by atoms with Crippen molar-refractivity contribution in [2.45, 2.75) is 51.5 Å². The fourth-order valence-corrected chi connectivity index (χ4v) is 5.32. The van der Waals surface area contributed by atoms with Gasteiger partial charge in [-0.2, -0.15) is 0 Å². The number of likely N-dealkylation sites (tertiary alicyclic amines) is 2. The standard InChI is InChI=1S/C28H35N3O2/c1-22-9-7-18-29(22)19-8-20-33-25-14-12-24(13-15-25)31-26-11-4-3-10-23(26)21-27(31)28(32)30-16-5-2-6-17-30/h3-4,10-15,21-22H,2,5-9,16-20H2,1H3. The summed E-state index contributed by atoms with van der Waals surface area (Å²) in [5.74, 6) is 1.01. The van der Waals surface area contributed by atoms with E-state index in [1.54, 1.807) is 0 Å². The van der Waals surface area contributed by atoms with Crippen LogP contribution in [0.15, 0.2) is 54.6 Å². The lowest BCUT2D eigenvalue weighted by atomic mass is 10.1. The quantitative estimate of drug-likeness (QED) is 0.450. The second kappa shape index (κ2) is 10.0. The number of rotatable bonds is 7. The van der Waals surface area contributed by atoms with Crippen molar-refractivity contribution in [2.75, 3.05) is 32.8 Å². The molecule has 2 fully saturated rings. The number of aromatic nitrogens is 1. The highest BCUT2D eigenvalue weighted by Gasteiger charge is 2.23. The van der Waals surface area contributed by atoms with Crippen LogP contribution >= 0.6 is 0 Å². The van der Waals surface area contributed by atoms with Crippen molar-refractivity contribution >= 4 is 16.8 Å². The number of fused-ring (bicyclic) bond motifs is 1. The highest BCUT2D eigenvalue weighted by molar-refractivity contribution is 6.00. The van der Waals surface area contributed by atoms with E-state index >= 15 is 0 Å². The van der Waals surface area contributed by atoms with Crippen LogP contribution in [0.25, 0.3) is 16.6 Å². The first-order valence-electron chi connectivity index (χ1n) is 12.6. The summed E-state index contributed by atoms with van der Waals surface area (Å²) in [6, 6.07) is 19.2. The number of para-hydroxylation sites is 1. The second-order valence-electron chi connectivity index (χ2n) is 9.50. The van der Waals surface area contributed by atoms with Crippen molar-refractivity contribution in [2.24, 2.45) is 0 Å². The molecule has 0 spiro atoms. The summed E-state index contributed by atoms with van der Waals surface area (Å²) in [4.78, 5) is 18.0. The summed E-state index contributed by atoms with van der Waals surface area (Å²) >= 11 is 0. The maximum atomic E-state index is 13.4. The maximum Gasteiger partial charge on any atom is 0.270 e. The van der Waals surface area contributed by atoms with Gasteiger partial charge in [0.2, 0.25) is 0 Å². The van der Waals surface area contributed by atoms with Gasteiger partial charge < -0.3 is 19.1 Å². The molecule has 2 aliphatic heterocycles. The zero-order valence-corrected chi connectivity index (χ0v) is 19.7. The number of nitrogens with zero attached hydrogens (tertiary/aromatic N) is 3. The Balaban J connectivity index is 1.31. The monoisotopic (exact) mass is 445 g/mol. The molecule has 2 saturated heterocycles. The molecule has 0 N–H and O–H groups in total. The lowest BCUT2D eigenvalue weighted by molar-refractivity contribution is 0.0716. The smallest absolute Gasteiger partial charge is 0.270 e. The van der Waals surface area contributed by atoms with Crippen LogP contribution in [0.4, 0.5) is 0 Å². The van der Waals surface area contributed by atoms with Crippen LogP contribution in [0.1, 0.15) is 55.9 Å². The first kappa shape index (κ1) is 22.0. The largest absolute Gasteiger partial charge is 0.494 e. The number of ether oxygens (including phenoxy) is 1. The van der Waals surface area contributed by atoms with Gasteiger partial charge in [0, 0.05) is 36.7 Å². The molecule has 2 aliphatic rings. The van der Waals surface area contributed by atoms with Crippen molar-refractivity contribution in [1.29, 1.82) is 0 Å². The lowest BCUT2D eigenvalue weighted by Gasteiger charge is -2.27. The van der Waals surface area contributed by atoms with Crippen molar-refractivity contribution in [1.82, 2.24) is 14.4 Å². The highest BCUT2D eigenvalue weighted by atomic mass is 16.5. The second-order valence-corrected chi connectivity index (χ2v) is 9.50. The van der Waals surface area contributed by atoms with Gasteiger partial charge in [-0.15, -0.1) is 0 Å². The number of hydrogen-bond donors (Lipinski definition) is 0. The first-order chi connectivity index (χ1) is 16.2. The molecule has 1 atom stereocenters. The molecule has 174 valence electrons. The third-order valence-electron chi connectivity index (χ3n) is 7.22. The first-order valence-corrected chi connectivity index (χ1v) is 12.6. The number of hydrogen-bond acceptors (Lipinski definition) is 3. The van der Waals surface area contributed by atoms with E-state index < -0.39 is 0 Å². The normalized spacial score (nSPS) is 19.3. The Kier molecular flexibility index (Phi) is 6.68. The van der Waals surface area contributed by atoms with Gasteiger partial charge in [0.05, 0.1) is 12.1 Å². The number of benzene rings is 2. The maximum absolute atomic E-state index is 13.4. The van der Waals surface area contributed by atoms with Crippen LogP contribution in [0, 0.1) is 0 Å². The average Bonchev–Trinajstić information content (AvgIpc) is 3.45. The van der Waals surface area contributed by atoms with E-state index in [1.165, 1.54) is 25.8 Å². The Bertz CT molecular complexity index is 1080. The molecule has 3 heterocycles. The molecule has 1 amide bonds. The van der Waals surface area contributed by atoms with Crippen LogP contribution < -0.4 is 4.74 Å². The van der Waals surface area contributed by atoms with Crippen molar-refractivity contribution in [3.05, 3.63) is 60.3 Å². The van der Waals surface area contributed by atoms with Crippen molar-refractivity contribution in [3.8, 4) is 11.4 Å². The summed E-state index contributed by atoms with van der Waals surface area (Å²) < 4.78 is 8.12. The molecule has 0 saturated carbocycles. The molecule has 5 heteroatoms. The molecule has 3 aromatic rings. The lowest BCUT2D eigenvalue weighted by Crippen LogP contribution is -2.36. The van der Waals surface area contributed by atoms with Gasteiger partial charge in [-0.25, -0.2) is 0 Å².